The van der Waals surface area contributed by atoms with Gasteiger partial charge < -0.3 is 9.64 Å². The smallest absolute Gasteiger partial charge is 0.264 e. The monoisotopic (exact) mass is 367 g/mol. The predicted octanol–water partition coefficient (Wildman–Crippen LogP) is 1.38. The number of amides is 3. The van der Waals surface area contributed by atoms with Crippen LogP contribution in [0.2, 0.25) is 5.02 Å². The number of hydrogen-bond acceptors (Lipinski definition) is 4. The Morgan fingerprint density at radius 3 is 2.40 bits per heavy atom. The first-order valence-corrected chi connectivity index (χ1v) is 8.60. The lowest BCUT2D eigenvalue weighted by molar-refractivity contribution is -0.134. The van der Waals surface area contributed by atoms with Gasteiger partial charge in [-0.15, -0.1) is 0 Å². The second kappa shape index (κ2) is 9.39. The Bertz CT molecular complexity index is 613. The fourth-order valence-electron chi connectivity index (χ4n) is 2.58. The predicted molar refractivity (Wildman–Crippen MR) is 92.9 cm³/mol. The van der Waals surface area contributed by atoms with Gasteiger partial charge in [0.1, 0.15) is 6.61 Å². The van der Waals surface area contributed by atoms with E-state index in [0.717, 1.165) is 0 Å². The topological polar surface area (TPSA) is 87.7 Å². The number of benzene rings is 1. The molecule has 0 aliphatic carbocycles. The zero-order valence-electron chi connectivity index (χ0n) is 14.1. The van der Waals surface area contributed by atoms with Crippen molar-refractivity contribution in [3.05, 3.63) is 34.9 Å². The van der Waals surface area contributed by atoms with Crippen molar-refractivity contribution in [3.8, 4) is 0 Å². The summed E-state index contributed by atoms with van der Waals surface area (Å²) in [5, 5.41) is 0.582. The first kappa shape index (κ1) is 19.2. The van der Waals surface area contributed by atoms with Gasteiger partial charge in [0.25, 0.3) is 11.8 Å². The maximum Gasteiger partial charge on any atom is 0.264 e. The van der Waals surface area contributed by atoms with Crippen LogP contribution in [0.5, 0.6) is 0 Å². The molecule has 2 N–H and O–H groups in total. The molecule has 1 heterocycles. The minimum absolute atomic E-state index is 0.0689. The van der Waals surface area contributed by atoms with E-state index in [1.807, 2.05) is 0 Å². The summed E-state index contributed by atoms with van der Waals surface area (Å²) in [4.78, 5) is 37.6. The van der Waals surface area contributed by atoms with Gasteiger partial charge in [0.2, 0.25) is 5.91 Å². The van der Waals surface area contributed by atoms with Crippen LogP contribution in [0.1, 0.15) is 30.1 Å². The van der Waals surface area contributed by atoms with E-state index in [1.165, 1.54) is 0 Å². The molecule has 1 aromatic carbocycles. The molecular formula is C17H22ClN3O4. The number of carbonyl (C=O) groups excluding carboxylic acids is 3. The molecule has 8 heteroatoms. The summed E-state index contributed by atoms with van der Waals surface area (Å²) in [7, 11) is 0. The van der Waals surface area contributed by atoms with Crippen molar-refractivity contribution in [2.24, 2.45) is 5.92 Å². The minimum atomic E-state index is -0.398. The summed E-state index contributed by atoms with van der Waals surface area (Å²) in [5.74, 6) is -0.948. The first-order chi connectivity index (χ1) is 12.0. The van der Waals surface area contributed by atoms with Gasteiger partial charge in [0.05, 0.1) is 0 Å². The average Bonchev–Trinajstić information content (AvgIpc) is 2.64. The van der Waals surface area contributed by atoms with Crippen LogP contribution >= 0.6 is 11.6 Å². The van der Waals surface area contributed by atoms with E-state index < -0.39 is 5.91 Å². The standard InChI is InChI=1S/C17H22ClN3O4/c1-2-25-11-15(22)19-20-16(23)12-7-9-21(10-8-12)17(24)13-3-5-14(18)6-4-13/h3-6,12H,2,7-11H2,1H3,(H,19,22)(H,20,23). The number of halogens is 1. The quantitative estimate of drug-likeness (QED) is 0.769. The molecule has 0 atom stereocenters. The van der Waals surface area contributed by atoms with Crippen LogP contribution in [-0.2, 0) is 14.3 Å². The van der Waals surface area contributed by atoms with Crippen LogP contribution in [0, 0.1) is 5.92 Å². The Morgan fingerprint density at radius 1 is 1.16 bits per heavy atom. The summed E-state index contributed by atoms with van der Waals surface area (Å²) < 4.78 is 4.95. The SMILES string of the molecule is CCOCC(=O)NNC(=O)C1CCN(C(=O)c2ccc(Cl)cc2)CC1. The highest BCUT2D eigenvalue weighted by Gasteiger charge is 2.28. The molecular weight excluding hydrogens is 346 g/mol. The fourth-order valence-corrected chi connectivity index (χ4v) is 2.71. The summed E-state index contributed by atoms with van der Waals surface area (Å²) in [6, 6.07) is 6.74. The lowest BCUT2D eigenvalue weighted by Gasteiger charge is -2.31. The van der Waals surface area contributed by atoms with Gasteiger partial charge in [-0.05, 0) is 44.0 Å². The van der Waals surface area contributed by atoms with Gasteiger partial charge in [-0.25, -0.2) is 0 Å². The van der Waals surface area contributed by atoms with Gasteiger partial charge in [-0.1, -0.05) is 11.6 Å². The molecule has 2 rings (SSSR count). The van der Waals surface area contributed by atoms with Crippen LogP contribution in [0.15, 0.2) is 24.3 Å². The number of ether oxygens (including phenoxy) is 1. The molecule has 25 heavy (non-hydrogen) atoms. The molecule has 136 valence electrons. The molecule has 1 fully saturated rings. The van der Waals surface area contributed by atoms with Crippen LogP contribution < -0.4 is 10.9 Å². The molecule has 0 aromatic heterocycles. The van der Waals surface area contributed by atoms with E-state index in [-0.39, 0.29) is 24.3 Å². The number of hydrazine groups is 1. The lowest BCUT2D eigenvalue weighted by Crippen LogP contribution is -2.49. The Morgan fingerprint density at radius 2 is 1.80 bits per heavy atom. The highest BCUT2D eigenvalue weighted by atomic mass is 35.5. The summed E-state index contributed by atoms with van der Waals surface area (Å²) in [6.45, 7) is 3.11. The van der Waals surface area contributed by atoms with Crippen molar-refractivity contribution in [2.75, 3.05) is 26.3 Å². The number of rotatable bonds is 5. The molecule has 0 radical (unpaired) electrons. The lowest BCUT2D eigenvalue weighted by atomic mass is 9.95. The number of hydrogen-bond donors (Lipinski definition) is 2. The van der Waals surface area contributed by atoms with Gasteiger partial charge in [0.15, 0.2) is 0 Å². The maximum atomic E-state index is 12.4. The van der Waals surface area contributed by atoms with Crippen molar-refractivity contribution in [2.45, 2.75) is 19.8 Å². The van der Waals surface area contributed by atoms with Gasteiger partial charge in [-0.3, -0.25) is 25.2 Å². The van der Waals surface area contributed by atoms with Crippen LogP contribution in [0.25, 0.3) is 0 Å². The Labute approximate surface area is 151 Å². The van der Waals surface area contributed by atoms with E-state index in [0.29, 0.717) is 43.1 Å². The second-order valence-corrected chi connectivity index (χ2v) is 6.18. The average molecular weight is 368 g/mol. The first-order valence-electron chi connectivity index (χ1n) is 8.22. The molecule has 0 spiro atoms. The van der Waals surface area contributed by atoms with Gasteiger partial charge >= 0.3 is 0 Å². The van der Waals surface area contributed by atoms with E-state index in [4.69, 9.17) is 16.3 Å². The molecule has 0 bridgehead atoms. The van der Waals surface area contributed by atoms with Crippen molar-refractivity contribution in [1.29, 1.82) is 0 Å². The summed E-state index contributed by atoms with van der Waals surface area (Å²) in [6.07, 6.45) is 1.10. The van der Waals surface area contributed by atoms with Crippen molar-refractivity contribution in [1.82, 2.24) is 15.8 Å². The maximum absolute atomic E-state index is 12.4. The van der Waals surface area contributed by atoms with Crippen LogP contribution in [0.4, 0.5) is 0 Å². The largest absolute Gasteiger partial charge is 0.372 e. The van der Waals surface area contributed by atoms with Crippen LogP contribution in [-0.4, -0.2) is 48.9 Å². The zero-order valence-corrected chi connectivity index (χ0v) is 14.8. The zero-order chi connectivity index (χ0) is 18.2. The summed E-state index contributed by atoms with van der Waals surface area (Å²) >= 11 is 5.83. The van der Waals surface area contributed by atoms with Crippen molar-refractivity contribution in [3.63, 3.8) is 0 Å². The Balaban J connectivity index is 1.77. The third-order valence-electron chi connectivity index (χ3n) is 4.01. The van der Waals surface area contributed by atoms with Gasteiger partial charge in [0, 0.05) is 36.2 Å². The third-order valence-corrected chi connectivity index (χ3v) is 4.26. The Kier molecular flexibility index (Phi) is 7.21. The van der Waals surface area contributed by atoms with Crippen molar-refractivity contribution < 1.29 is 19.1 Å². The number of carbonyl (C=O) groups is 3. The number of likely N-dealkylation sites (tertiary alicyclic amines) is 1. The van der Waals surface area contributed by atoms with Gasteiger partial charge in [-0.2, -0.15) is 0 Å². The number of piperidine rings is 1. The fraction of sp³-hybridized carbons (Fsp3) is 0.471. The highest BCUT2D eigenvalue weighted by molar-refractivity contribution is 6.30. The number of nitrogens with one attached hydrogen (secondary N) is 2. The van der Waals surface area contributed by atoms with E-state index in [9.17, 15) is 14.4 Å². The molecule has 1 saturated heterocycles. The molecule has 3 amide bonds. The molecule has 1 aliphatic heterocycles. The second-order valence-electron chi connectivity index (χ2n) is 5.75. The minimum Gasteiger partial charge on any atom is -0.372 e. The Hall–Kier alpha value is -2.12. The van der Waals surface area contributed by atoms with Crippen LogP contribution in [0.3, 0.4) is 0 Å². The molecule has 0 unspecified atom stereocenters. The van der Waals surface area contributed by atoms with Crippen molar-refractivity contribution >= 4 is 29.3 Å². The van der Waals surface area contributed by atoms with E-state index >= 15 is 0 Å². The summed E-state index contributed by atoms with van der Waals surface area (Å²) in [5.41, 5.74) is 5.31. The van der Waals surface area contributed by atoms with E-state index in [2.05, 4.69) is 10.9 Å². The van der Waals surface area contributed by atoms with E-state index in [1.54, 1.807) is 36.1 Å². The molecule has 7 nitrogen and oxygen atoms in total. The number of nitrogens with zero attached hydrogens (tertiary/aromatic N) is 1. The molecule has 1 aromatic rings. The highest BCUT2D eigenvalue weighted by Crippen LogP contribution is 2.20. The molecule has 0 saturated carbocycles. The molecule has 1 aliphatic rings. The third kappa shape index (κ3) is 5.72. The normalized spacial score (nSPS) is 14.9.